The largest absolute Gasteiger partial charge is 0.465 e. The van der Waals surface area contributed by atoms with Crippen molar-refractivity contribution in [2.45, 2.75) is 6.92 Å². The fourth-order valence-electron chi connectivity index (χ4n) is 1.74. The second kappa shape index (κ2) is 6.63. The number of nitrogens with two attached hydrogens (primary N) is 1. The van der Waals surface area contributed by atoms with E-state index in [-0.39, 0.29) is 12.5 Å². The van der Waals surface area contributed by atoms with Gasteiger partial charge in [-0.25, -0.2) is 4.79 Å². The lowest BCUT2D eigenvalue weighted by molar-refractivity contribution is -0.119. The highest BCUT2D eigenvalue weighted by molar-refractivity contribution is 5.98. The average Bonchev–Trinajstić information content (AvgIpc) is 2.44. The highest BCUT2D eigenvalue weighted by atomic mass is 16.5. The fourth-order valence-corrected chi connectivity index (χ4v) is 1.74. The third-order valence-electron chi connectivity index (χ3n) is 2.82. The summed E-state index contributed by atoms with van der Waals surface area (Å²) in [6.45, 7) is 2.69. The molecule has 0 aromatic heterocycles. The summed E-state index contributed by atoms with van der Waals surface area (Å²) in [7, 11) is 2.88. The molecule has 0 bridgehead atoms. The van der Waals surface area contributed by atoms with Gasteiger partial charge in [0.25, 0.3) is 0 Å². The van der Waals surface area contributed by atoms with Crippen LogP contribution < -0.4 is 16.0 Å². The Morgan fingerprint density at radius 1 is 1.42 bits per heavy atom. The number of nitrogens with zero attached hydrogens (tertiary/aromatic N) is 1. The number of nitrogens with one attached hydrogen (secondary N) is 1. The topological polar surface area (TPSA) is 84.7 Å². The predicted octanol–water partition coefficient (Wildman–Crippen LogP) is 0.628. The molecule has 0 heterocycles. The molecule has 6 heteroatoms. The Labute approximate surface area is 112 Å². The molecule has 0 unspecified atom stereocenters. The zero-order chi connectivity index (χ0) is 14.4. The summed E-state index contributed by atoms with van der Waals surface area (Å²) in [4.78, 5) is 24.8. The predicted molar refractivity (Wildman–Crippen MR) is 74.1 cm³/mol. The van der Waals surface area contributed by atoms with Gasteiger partial charge in [0.1, 0.15) is 0 Å². The highest BCUT2D eigenvalue weighted by Crippen LogP contribution is 2.27. The first kappa shape index (κ1) is 14.8. The Kier molecular flexibility index (Phi) is 5.17. The maximum Gasteiger partial charge on any atom is 0.340 e. The van der Waals surface area contributed by atoms with Gasteiger partial charge in [0, 0.05) is 13.6 Å². The number of likely N-dealkylation sites (N-methyl/N-ethyl adjacent to an activating group) is 2. The molecular weight excluding hydrogens is 246 g/mol. The van der Waals surface area contributed by atoms with Gasteiger partial charge in [0.2, 0.25) is 5.91 Å². The fraction of sp³-hybridized carbons (Fsp3) is 0.385. The Bertz CT molecular complexity index is 474. The molecule has 0 atom stereocenters. The molecule has 1 rings (SSSR count). The summed E-state index contributed by atoms with van der Waals surface area (Å²) in [5.41, 5.74) is 7.25. The number of ether oxygens (including phenoxy) is 1. The van der Waals surface area contributed by atoms with E-state index in [9.17, 15) is 9.59 Å². The number of anilines is 2. The number of amides is 1. The number of benzene rings is 1. The molecule has 1 aromatic carbocycles. The van der Waals surface area contributed by atoms with E-state index in [2.05, 4.69) is 10.1 Å². The maximum atomic E-state index is 11.6. The monoisotopic (exact) mass is 265 g/mol. The molecule has 0 radical (unpaired) electrons. The van der Waals surface area contributed by atoms with Crippen molar-refractivity contribution < 1.29 is 14.3 Å². The molecule has 1 aromatic rings. The first-order valence-corrected chi connectivity index (χ1v) is 5.97. The van der Waals surface area contributed by atoms with Gasteiger partial charge in [-0.15, -0.1) is 0 Å². The summed E-state index contributed by atoms with van der Waals surface area (Å²) in [5, 5.41) is 2.55. The van der Waals surface area contributed by atoms with Gasteiger partial charge >= 0.3 is 5.97 Å². The quantitative estimate of drug-likeness (QED) is 0.602. The van der Waals surface area contributed by atoms with Crippen molar-refractivity contribution in [1.82, 2.24) is 5.32 Å². The van der Waals surface area contributed by atoms with Crippen LogP contribution in [0, 0.1) is 0 Å². The molecule has 104 valence electrons. The average molecular weight is 265 g/mol. The lowest BCUT2D eigenvalue weighted by atomic mass is 10.1. The summed E-state index contributed by atoms with van der Waals surface area (Å²) in [5.74, 6) is -0.611. The molecular formula is C13H19N3O3. The van der Waals surface area contributed by atoms with Crippen LogP contribution >= 0.6 is 0 Å². The van der Waals surface area contributed by atoms with Crippen molar-refractivity contribution in [1.29, 1.82) is 0 Å². The van der Waals surface area contributed by atoms with Gasteiger partial charge in [0.15, 0.2) is 0 Å². The summed E-state index contributed by atoms with van der Waals surface area (Å²) in [6.07, 6.45) is 0. The van der Waals surface area contributed by atoms with Crippen molar-refractivity contribution in [2.75, 3.05) is 37.9 Å². The number of esters is 1. The number of carbonyl (C=O) groups is 2. The van der Waals surface area contributed by atoms with Crippen LogP contribution in [-0.2, 0) is 9.53 Å². The third-order valence-corrected chi connectivity index (χ3v) is 2.82. The molecule has 3 N–H and O–H groups in total. The van der Waals surface area contributed by atoms with Gasteiger partial charge in [-0.2, -0.15) is 0 Å². The molecule has 19 heavy (non-hydrogen) atoms. The van der Waals surface area contributed by atoms with E-state index in [4.69, 9.17) is 5.73 Å². The number of hydrogen-bond donors (Lipinski definition) is 2. The van der Waals surface area contributed by atoms with Gasteiger partial charge in [0.05, 0.1) is 30.6 Å². The maximum absolute atomic E-state index is 11.6. The van der Waals surface area contributed by atoms with E-state index < -0.39 is 5.97 Å². The van der Waals surface area contributed by atoms with Crippen LogP contribution in [0.4, 0.5) is 11.4 Å². The van der Waals surface area contributed by atoms with Gasteiger partial charge in [-0.05, 0) is 19.1 Å². The van der Waals surface area contributed by atoms with E-state index in [1.807, 2.05) is 6.92 Å². The van der Waals surface area contributed by atoms with Gasteiger partial charge in [-0.3, -0.25) is 4.79 Å². The molecule has 0 saturated heterocycles. The Morgan fingerprint density at radius 3 is 2.63 bits per heavy atom. The number of carbonyl (C=O) groups excluding carboxylic acids is 2. The summed E-state index contributed by atoms with van der Waals surface area (Å²) in [6, 6.07) is 5.08. The van der Waals surface area contributed by atoms with Crippen LogP contribution in [-0.4, -0.2) is 39.1 Å². The lowest BCUT2D eigenvalue weighted by Crippen LogP contribution is -2.36. The molecule has 0 fully saturated rings. The Morgan fingerprint density at radius 2 is 2.11 bits per heavy atom. The Balaban J connectivity index is 3.11. The molecule has 6 nitrogen and oxygen atoms in total. The number of rotatable bonds is 5. The highest BCUT2D eigenvalue weighted by Gasteiger charge is 2.17. The SMILES string of the molecule is CCN(CC(=O)NC)c1cccc(C(=O)OC)c1N. The first-order chi connectivity index (χ1) is 9.04. The molecule has 0 aliphatic rings. The minimum Gasteiger partial charge on any atom is -0.465 e. The van der Waals surface area contributed by atoms with Crippen molar-refractivity contribution in [3.8, 4) is 0 Å². The number of nitrogen functional groups attached to an aromatic ring is 1. The van der Waals surface area contributed by atoms with E-state index in [1.165, 1.54) is 7.11 Å². The van der Waals surface area contributed by atoms with Crippen LogP contribution in [0.3, 0.4) is 0 Å². The zero-order valence-electron chi connectivity index (χ0n) is 11.4. The summed E-state index contributed by atoms with van der Waals surface area (Å²) < 4.78 is 4.67. The standard InChI is InChI=1S/C13H19N3O3/c1-4-16(8-11(17)15-2)10-7-5-6-9(12(10)14)13(18)19-3/h5-7H,4,8,14H2,1-3H3,(H,15,17). The van der Waals surface area contributed by atoms with E-state index >= 15 is 0 Å². The number of para-hydroxylation sites is 1. The van der Waals surface area contributed by atoms with Crippen LogP contribution in [0.1, 0.15) is 17.3 Å². The van der Waals surface area contributed by atoms with E-state index in [0.717, 1.165) is 0 Å². The minimum absolute atomic E-state index is 0.121. The van der Waals surface area contributed by atoms with Crippen molar-refractivity contribution in [3.63, 3.8) is 0 Å². The smallest absolute Gasteiger partial charge is 0.340 e. The van der Waals surface area contributed by atoms with Crippen LogP contribution in [0.15, 0.2) is 18.2 Å². The third kappa shape index (κ3) is 3.37. The second-order valence-corrected chi connectivity index (χ2v) is 3.92. The summed E-state index contributed by atoms with van der Waals surface area (Å²) >= 11 is 0. The van der Waals surface area contributed by atoms with Crippen molar-refractivity contribution in [2.24, 2.45) is 0 Å². The minimum atomic E-state index is -0.490. The van der Waals surface area contributed by atoms with Gasteiger partial charge < -0.3 is 20.7 Å². The molecule has 0 aliphatic carbocycles. The van der Waals surface area contributed by atoms with Crippen LogP contribution in [0.5, 0.6) is 0 Å². The van der Waals surface area contributed by atoms with E-state index in [1.54, 1.807) is 30.1 Å². The zero-order valence-corrected chi connectivity index (χ0v) is 11.4. The second-order valence-electron chi connectivity index (χ2n) is 3.92. The molecule has 1 amide bonds. The first-order valence-electron chi connectivity index (χ1n) is 5.97. The number of hydrogen-bond acceptors (Lipinski definition) is 5. The van der Waals surface area contributed by atoms with Gasteiger partial charge in [-0.1, -0.05) is 6.07 Å². The van der Waals surface area contributed by atoms with Crippen LogP contribution in [0.25, 0.3) is 0 Å². The molecule has 0 aliphatic heterocycles. The van der Waals surface area contributed by atoms with Crippen LogP contribution in [0.2, 0.25) is 0 Å². The number of methoxy groups -OCH3 is 1. The normalized spacial score (nSPS) is 9.84. The molecule has 0 saturated carbocycles. The lowest BCUT2D eigenvalue weighted by Gasteiger charge is -2.24. The van der Waals surface area contributed by atoms with Crippen molar-refractivity contribution >= 4 is 23.3 Å². The van der Waals surface area contributed by atoms with Crippen molar-refractivity contribution in [3.05, 3.63) is 23.8 Å². The Hall–Kier alpha value is -2.24. The van der Waals surface area contributed by atoms with E-state index in [0.29, 0.717) is 23.5 Å². The molecule has 0 spiro atoms.